The lowest BCUT2D eigenvalue weighted by Gasteiger charge is -2.15. The summed E-state index contributed by atoms with van der Waals surface area (Å²) in [5.74, 6) is -1.34. The van der Waals surface area contributed by atoms with Crippen molar-refractivity contribution >= 4 is 17.8 Å². The fourth-order valence-corrected chi connectivity index (χ4v) is 6.02. The van der Waals surface area contributed by atoms with E-state index in [4.69, 9.17) is 9.84 Å². The molecule has 0 aliphatic rings. The first-order valence-corrected chi connectivity index (χ1v) is 21.3. The molecule has 0 aromatic heterocycles. The van der Waals surface area contributed by atoms with Gasteiger partial charge in [0.25, 0.3) is 0 Å². The van der Waals surface area contributed by atoms with E-state index in [1.165, 1.54) is 116 Å². The average Bonchev–Trinajstić information content (AvgIpc) is 3.11. The Bertz CT molecular complexity index is 922. The highest BCUT2D eigenvalue weighted by molar-refractivity contribution is 5.80. The molecular weight excluding hydrogens is 634 g/mol. The van der Waals surface area contributed by atoms with Crippen molar-refractivity contribution in [1.82, 2.24) is 5.32 Å². The van der Waals surface area contributed by atoms with Gasteiger partial charge in [-0.1, -0.05) is 159 Å². The van der Waals surface area contributed by atoms with Gasteiger partial charge < -0.3 is 15.2 Å². The summed E-state index contributed by atoms with van der Waals surface area (Å²) in [7, 11) is 0. The Hall–Kier alpha value is -2.63. The molecule has 2 N–H and O–H groups in total. The maximum Gasteiger partial charge on any atom is 0.322 e. The second kappa shape index (κ2) is 40.1. The van der Waals surface area contributed by atoms with Crippen LogP contribution in [0.1, 0.15) is 206 Å². The molecule has 0 aliphatic carbocycles. The first-order valence-electron chi connectivity index (χ1n) is 21.3. The van der Waals surface area contributed by atoms with E-state index in [1.54, 1.807) is 0 Å². The molecule has 6 heteroatoms. The van der Waals surface area contributed by atoms with Crippen molar-refractivity contribution in [1.29, 1.82) is 0 Å². The molecule has 1 unspecified atom stereocenters. The lowest BCUT2D eigenvalue weighted by atomic mass is 10.1. The number of hydrogen-bond acceptors (Lipinski definition) is 4. The zero-order valence-corrected chi connectivity index (χ0v) is 33.2. The van der Waals surface area contributed by atoms with E-state index < -0.39 is 5.97 Å². The highest BCUT2D eigenvalue weighted by Gasteiger charge is 2.12. The Kier molecular flexibility index (Phi) is 38.1. The van der Waals surface area contributed by atoms with E-state index in [1.807, 2.05) is 0 Å². The van der Waals surface area contributed by atoms with Crippen LogP contribution >= 0.6 is 0 Å². The van der Waals surface area contributed by atoms with Gasteiger partial charge in [-0.15, -0.1) is 0 Å². The van der Waals surface area contributed by atoms with Crippen LogP contribution in [0.5, 0.6) is 0 Å². The molecule has 0 fully saturated rings. The van der Waals surface area contributed by atoms with Crippen molar-refractivity contribution in [3.63, 3.8) is 0 Å². The molecular formula is C45H79NO5. The number of carbonyl (C=O) groups is 3. The number of hydrogen-bond donors (Lipinski definition) is 2. The van der Waals surface area contributed by atoms with Gasteiger partial charge in [-0.2, -0.15) is 0 Å². The van der Waals surface area contributed by atoms with Crippen LogP contribution in [0, 0.1) is 0 Å². The number of carboxylic acid groups (broad SMARTS) is 1. The third-order valence-electron chi connectivity index (χ3n) is 9.21. The number of carbonyl (C=O) groups excluding carboxylic acids is 2. The first-order chi connectivity index (χ1) is 25.0. The van der Waals surface area contributed by atoms with Gasteiger partial charge in [0.15, 0.2) is 0 Å². The second-order valence-electron chi connectivity index (χ2n) is 14.2. The molecule has 0 spiro atoms. The van der Waals surface area contributed by atoms with Crippen LogP contribution in [-0.4, -0.2) is 35.6 Å². The predicted octanol–water partition coefficient (Wildman–Crippen LogP) is 13.1. The van der Waals surface area contributed by atoms with Crippen molar-refractivity contribution in [2.45, 2.75) is 213 Å². The SMILES string of the molecule is CCCCCCC/C=C\C/C=C\C/C=C\CCCCCCCCCCC(=O)OC(/C=C\CCCCCCC)CCCCCCC(=O)NCC(=O)O. The van der Waals surface area contributed by atoms with Gasteiger partial charge in [0.2, 0.25) is 5.91 Å². The van der Waals surface area contributed by atoms with Crippen LogP contribution in [0.25, 0.3) is 0 Å². The molecule has 0 aromatic rings. The Morgan fingerprint density at radius 3 is 1.49 bits per heavy atom. The summed E-state index contributed by atoms with van der Waals surface area (Å²) in [5.41, 5.74) is 0. The molecule has 51 heavy (non-hydrogen) atoms. The zero-order chi connectivity index (χ0) is 37.3. The molecule has 0 rings (SSSR count). The van der Waals surface area contributed by atoms with E-state index >= 15 is 0 Å². The topological polar surface area (TPSA) is 92.7 Å². The third-order valence-corrected chi connectivity index (χ3v) is 9.21. The molecule has 0 radical (unpaired) electrons. The van der Waals surface area contributed by atoms with Gasteiger partial charge in [0.1, 0.15) is 12.6 Å². The minimum atomic E-state index is -1.03. The maximum absolute atomic E-state index is 12.6. The van der Waals surface area contributed by atoms with Crippen LogP contribution in [0.2, 0.25) is 0 Å². The maximum atomic E-state index is 12.6. The van der Waals surface area contributed by atoms with Crippen LogP contribution in [-0.2, 0) is 19.1 Å². The molecule has 0 aliphatic heterocycles. The molecule has 0 saturated carbocycles. The molecule has 6 nitrogen and oxygen atoms in total. The van der Waals surface area contributed by atoms with Gasteiger partial charge in [0.05, 0.1) is 0 Å². The van der Waals surface area contributed by atoms with E-state index in [-0.39, 0.29) is 24.5 Å². The first kappa shape index (κ1) is 48.4. The van der Waals surface area contributed by atoms with E-state index in [0.29, 0.717) is 12.8 Å². The summed E-state index contributed by atoms with van der Waals surface area (Å²) in [6.45, 7) is 4.17. The fraction of sp³-hybridized carbons (Fsp3) is 0.756. The van der Waals surface area contributed by atoms with E-state index in [2.05, 4.69) is 67.8 Å². The quantitative estimate of drug-likeness (QED) is 0.0377. The van der Waals surface area contributed by atoms with Crippen molar-refractivity contribution in [3.05, 3.63) is 48.6 Å². The smallest absolute Gasteiger partial charge is 0.322 e. The van der Waals surface area contributed by atoms with Gasteiger partial charge in [-0.25, -0.2) is 0 Å². The Balaban J connectivity index is 3.98. The van der Waals surface area contributed by atoms with Crippen LogP contribution in [0.3, 0.4) is 0 Å². The standard InChI is InChI=1S/C45H79NO5/c1-3-5-7-9-11-12-13-14-15-16-17-18-19-20-21-22-23-24-25-26-28-30-36-40-45(50)51-42(37-33-29-27-10-8-6-4-2)38-34-31-32-35-39-43(47)46-41-44(48)49/h13-14,16-17,19-20,33,37,42H,3-12,15,18,21-32,34-36,38-41H2,1-2H3,(H,46,47)(H,48,49)/b14-13-,17-16-,20-19-,37-33-. The summed E-state index contributed by atoms with van der Waals surface area (Å²) >= 11 is 0. The number of amides is 1. The number of ether oxygens (including phenoxy) is 1. The molecule has 0 saturated heterocycles. The minimum Gasteiger partial charge on any atom is -0.480 e. The van der Waals surface area contributed by atoms with E-state index in [0.717, 1.165) is 64.2 Å². The Morgan fingerprint density at radius 2 is 0.961 bits per heavy atom. The summed E-state index contributed by atoms with van der Waals surface area (Å²) in [5, 5.41) is 11.1. The molecule has 0 aromatic carbocycles. The predicted molar refractivity (Wildman–Crippen MR) is 217 cm³/mol. The summed E-state index contributed by atoms with van der Waals surface area (Å²) in [6.07, 6.45) is 51.2. The summed E-state index contributed by atoms with van der Waals surface area (Å²) in [4.78, 5) is 34.9. The molecule has 1 atom stereocenters. The van der Waals surface area contributed by atoms with Crippen molar-refractivity contribution in [2.24, 2.45) is 0 Å². The average molecular weight is 714 g/mol. The van der Waals surface area contributed by atoms with Crippen molar-refractivity contribution in [3.8, 4) is 0 Å². The number of aliphatic carboxylic acids is 1. The highest BCUT2D eigenvalue weighted by Crippen LogP contribution is 2.15. The fourth-order valence-electron chi connectivity index (χ4n) is 6.02. The summed E-state index contributed by atoms with van der Waals surface area (Å²) in [6, 6.07) is 0. The van der Waals surface area contributed by atoms with Gasteiger partial charge in [-0.3, -0.25) is 14.4 Å². The van der Waals surface area contributed by atoms with Gasteiger partial charge in [-0.05, 0) is 83.1 Å². The van der Waals surface area contributed by atoms with Gasteiger partial charge in [0, 0.05) is 12.8 Å². The molecule has 0 heterocycles. The Labute approximate surface area is 314 Å². The third kappa shape index (κ3) is 40.0. The normalized spacial score (nSPS) is 12.5. The van der Waals surface area contributed by atoms with Crippen LogP contribution in [0.4, 0.5) is 0 Å². The van der Waals surface area contributed by atoms with Crippen molar-refractivity contribution < 1.29 is 24.2 Å². The molecule has 294 valence electrons. The number of rotatable bonds is 38. The van der Waals surface area contributed by atoms with Crippen molar-refractivity contribution in [2.75, 3.05) is 6.54 Å². The second-order valence-corrected chi connectivity index (χ2v) is 14.2. The lowest BCUT2D eigenvalue weighted by Crippen LogP contribution is -2.28. The Morgan fingerprint density at radius 1 is 0.529 bits per heavy atom. The van der Waals surface area contributed by atoms with Gasteiger partial charge >= 0.3 is 11.9 Å². The number of unbranched alkanes of at least 4 members (excludes halogenated alkanes) is 21. The summed E-state index contributed by atoms with van der Waals surface area (Å²) < 4.78 is 5.89. The number of carboxylic acids is 1. The molecule has 0 bridgehead atoms. The number of allylic oxidation sites excluding steroid dienone is 7. The number of nitrogens with one attached hydrogen (secondary N) is 1. The highest BCUT2D eigenvalue weighted by atomic mass is 16.5. The minimum absolute atomic E-state index is 0.0911. The zero-order valence-electron chi connectivity index (χ0n) is 33.2. The largest absolute Gasteiger partial charge is 0.480 e. The number of esters is 1. The lowest BCUT2D eigenvalue weighted by molar-refractivity contribution is -0.147. The van der Waals surface area contributed by atoms with Crippen LogP contribution < -0.4 is 5.32 Å². The molecule has 1 amide bonds. The van der Waals surface area contributed by atoms with E-state index in [9.17, 15) is 14.4 Å². The van der Waals surface area contributed by atoms with Crippen LogP contribution in [0.15, 0.2) is 48.6 Å². The monoisotopic (exact) mass is 714 g/mol.